The van der Waals surface area contributed by atoms with Crippen molar-refractivity contribution in [1.82, 2.24) is 10.2 Å². The van der Waals surface area contributed by atoms with Crippen LogP contribution in [-0.2, 0) is 24.2 Å². The lowest BCUT2D eigenvalue weighted by Gasteiger charge is -2.36. The molecule has 0 spiro atoms. The number of fused-ring (bicyclic) bond motifs is 1. The first-order chi connectivity index (χ1) is 16.5. The van der Waals surface area contributed by atoms with E-state index in [0.717, 1.165) is 16.7 Å². The number of hydrogen-bond donors (Lipinski definition) is 1. The predicted molar refractivity (Wildman–Crippen MR) is 132 cm³/mol. The Labute approximate surface area is 204 Å². The maximum atomic E-state index is 13.4. The van der Waals surface area contributed by atoms with Crippen molar-refractivity contribution in [2.45, 2.75) is 25.4 Å². The molecule has 0 saturated heterocycles. The van der Waals surface area contributed by atoms with E-state index in [1.807, 2.05) is 42.5 Å². The molecule has 0 bridgehead atoms. The summed E-state index contributed by atoms with van der Waals surface area (Å²) in [5, 5.41) is 3.38. The molecule has 1 N–H and O–H groups in total. The highest BCUT2D eigenvalue weighted by Gasteiger charge is 2.35. The number of methoxy groups -OCH3 is 2. The fraction of sp³-hybridized carbons (Fsp3) is 0.259. The summed E-state index contributed by atoms with van der Waals surface area (Å²) in [7, 11) is 3.19. The van der Waals surface area contributed by atoms with E-state index in [9.17, 15) is 9.59 Å². The first-order valence-electron chi connectivity index (χ1n) is 11.1. The molecule has 6 nitrogen and oxygen atoms in total. The lowest BCUT2D eigenvalue weighted by atomic mass is 9.92. The molecule has 0 saturated carbocycles. The van der Waals surface area contributed by atoms with Gasteiger partial charge in [0.25, 0.3) is 5.91 Å². The SMILES string of the molecule is COc1ccc(CCNC(=O)C2Cc3ccccc3CN2C(=O)c2ccccc2Cl)cc1OC. The number of carbonyl (C=O) groups is 2. The van der Waals surface area contributed by atoms with Crippen LogP contribution in [0, 0.1) is 0 Å². The van der Waals surface area contributed by atoms with E-state index < -0.39 is 6.04 Å². The summed E-state index contributed by atoms with van der Waals surface area (Å²) < 4.78 is 10.6. The normalized spacial score (nSPS) is 14.8. The largest absolute Gasteiger partial charge is 0.493 e. The van der Waals surface area contributed by atoms with Crippen molar-refractivity contribution in [3.63, 3.8) is 0 Å². The molecule has 0 fully saturated rings. The van der Waals surface area contributed by atoms with Crippen molar-refractivity contribution in [1.29, 1.82) is 0 Å². The maximum Gasteiger partial charge on any atom is 0.256 e. The van der Waals surface area contributed by atoms with Gasteiger partial charge in [-0.2, -0.15) is 0 Å². The molecule has 3 aromatic carbocycles. The van der Waals surface area contributed by atoms with Crippen LogP contribution < -0.4 is 14.8 Å². The molecule has 0 radical (unpaired) electrons. The Morgan fingerprint density at radius 3 is 2.41 bits per heavy atom. The molecule has 176 valence electrons. The number of amides is 2. The highest BCUT2D eigenvalue weighted by Crippen LogP contribution is 2.28. The second kappa shape index (κ2) is 10.6. The number of nitrogens with one attached hydrogen (secondary N) is 1. The van der Waals surface area contributed by atoms with Gasteiger partial charge in [0.2, 0.25) is 5.91 Å². The molecule has 7 heteroatoms. The maximum absolute atomic E-state index is 13.4. The zero-order valence-corrected chi connectivity index (χ0v) is 20.0. The van der Waals surface area contributed by atoms with Crippen molar-refractivity contribution in [3.05, 3.63) is 94.0 Å². The topological polar surface area (TPSA) is 67.9 Å². The average Bonchev–Trinajstić information content (AvgIpc) is 2.87. The van der Waals surface area contributed by atoms with Crippen LogP contribution in [0.15, 0.2) is 66.7 Å². The van der Waals surface area contributed by atoms with Gasteiger partial charge >= 0.3 is 0 Å². The van der Waals surface area contributed by atoms with Crippen LogP contribution in [0.5, 0.6) is 11.5 Å². The molecule has 1 aliphatic heterocycles. The third-order valence-corrected chi connectivity index (χ3v) is 6.41. The minimum Gasteiger partial charge on any atom is -0.493 e. The van der Waals surface area contributed by atoms with Gasteiger partial charge < -0.3 is 19.7 Å². The zero-order chi connectivity index (χ0) is 24.1. The molecule has 0 aromatic heterocycles. The minimum absolute atomic E-state index is 0.185. The van der Waals surface area contributed by atoms with E-state index >= 15 is 0 Å². The van der Waals surface area contributed by atoms with Gasteiger partial charge in [-0.1, -0.05) is 54.1 Å². The van der Waals surface area contributed by atoms with Gasteiger partial charge in [-0.25, -0.2) is 0 Å². The Kier molecular flexibility index (Phi) is 7.38. The second-order valence-corrected chi connectivity index (χ2v) is 8.54. The molecule has 1 heterocycles. The van der Waals surface area contributed by atoms with Crippen LogP contribution in [0.1, 0.15) is 27.0 Å². The first kappa shape index (κ1) is 23.6. The van der Waals surface area contributed by atoms with Gasteiger partial charge in [0.15, 0.2) is 11.5 Å². The highest BCUT2D eigenvalue weighted by molar-refractivity contribution is 6.33. The van der Waals surface area contributed by atoms with Crippen molar-refractivity contribution in [2.24, 2.45) is 0 Å². The van der Waals surface area contributed by atoms with E-state index in [1.54, 1.807) is 43.4 Å². The number of halogens is 1. The fourth-order valence-electron chi connectivity index (χ4n) is 4.24. The van der Waals surface area contributed by atoms with E-state index in [-0.39, 0.29) is 11.8 Å². The smallest absolute Gasteiger partial charge is 0.256 e. The first-order valence-corrected chi connectivity index (χ1v) is 11.5. The van der Waals surface area contributed by atoms with Gasteiger partial charge in [0.1, 0.15) is 6.04 Å². The standard InChI is InChI=1S/C27H27ClN2O4/c1-33-24-12-11-18(15-25(24)34-2)13-14-29-26(31)23-16-19-7-3-4-8-20(19)17-30(23)27(32)21-9-5-6-10-22(21)28/h3-12,15,23H,13-14,16-17H2,1-2H3,(H,29,31). The van der Waals surface area contributed by atoms with Gasteiger partial charge in [0.05, 0.1) is 24.8 Å². The van der Waals surface area contributed by atoms with Gasteiger partial charge in [-0.15, -0.1) is 0 Å². The quantitative estimate of drug-likeness (QED) is 0.550. The monoisotopic (exact) mass is 478 g/mol. The number of ether oxygens (including phenoxy) is 2. The van der Waals surface area contributed by atoms with E-state index in [1.165, 1.54) is 0 Å². The Morgan fingerprint density at radius 1 is 0.971 bits per heavy atom. The summed E-state index contributed by atoms with van der Waals surface area (Å²) in [6, 6.07) is 19.9. The highest BCUT2D eigenvalue weighted by atomic mass is 35.5. The molecule has 3 aromatic rings. The van der Waals surface area contributed by atoms with Gasteiger partial charge in [-0.3, -0.25) is 9.59 Å². The van der Waals surface area contributed by atoms with Crippen molar-refractivity contribution in [2.75, 3.05) is 20.8 Å². The van der Waals surface area contributed by atoms with Crippen molar-refractivity contribution < 1.29 is 19.1 Å². The molecular formula is C27H27ClN2O4. The number of nitrogens with zero attached hydrogens (tertiary/aromatic N) is 1. The molecule has 0 aliphatic carbocycles. The number of rotatable bonds is 7. The predicted octanol–water partition coefficient (Wildman–Crippen LogP) is 4.28. The Hall–Kier alpha value is -3.51. The summed E-state index contributed by atoms with van der Waals surface area (Å²) in [6.07, 6.45) is 1.07. The van der Waals surface area contributed by atoms with E-state index in [0.29, 0.717) is 48.0 Å². The molecule has 4 rings (SSSR count). The summed E-state index contributed by atoms with van der Waals surface area (Å²) >= 11 is 6.30. The third-order valence-electron chi connectivity index (χ3n) is 6.08. The van der Waals surface area contributed by atoms with E-state index in [4.69, 9.17) is 21.1 Å². The molecule has 1 aliphatic rings. The summed E-state index contributed by atoms with van der Waals surface area (Å²) in [4.78, 5) is 28.3. The molecule has 34 heavy (non-hydrogen) atoms. The van der Waals surface area contributed by atoms with Gasteiger partial charge in [0, 0.05) is 19.5 Å². The molecule has 2 amide bonds. The zero-order valence-electron chi connectivity index (χ0n) is 19.2. The lowest BCUT2D eigenvalue weighted by Crippen LogP contribution is -2.52. The lowest BCUT2D eigenvalue weighted by molar-refractivity contribution is -0.126. The second-order valence-electron chi connectivity index (χ2n) is 8.13. The third kappa shape index (κ3) is 5.02. The van der Waals surface area contributed by atoms with Gasteiger partial charge in [-0.05, 0) is 47.4 Å². The Bertz CT molecular complexity index is 1200. The van der Waals surface area contributed by atoms with Crippen LogP contribution in [-0.4, -0.2) is 43.5 Å². The van der Waals surface area contributed by atoms with E-state index in [2.05, 4.69) is 5.32 Å². The molecule has 1 unspecified atom stereocenters. The summed E-state index contributed by atoms with van der Waals surface area (Å²) in [6.45, 7) is 0.786. The Balaban J connectivity index is 1.50. The van der Waals surface area contributed by atoms with Crippen LogP contribution >= 0.6 is 11.6 Å². The molecule has 1 atom stereocenters. The van der Waals surface area contributed by atoms with Crippen LogP contribution in [0.4, 0.5) is 0 Å². The van der Waals surface area contributed by atoms with Crippen LogP contribution in [0.2, 0.25) is 5.02 Å². The summed E-state index contributed by atoms with van der Waals surface area (Å²) in [5.74, 6) is 0.868. The van der Waals surface area contributed by atoms with Crippen LogP contribution in [0.3, 0.4) is 0 Å². The van der Waals surface area contributed by atoms with Crippen LogP contribution in [0.25, 0.3) is 0 Å². The van der Waals surface area contributed by atoms with Crippen molar-refractivity contribution >= 4 is 23.4 Å². The number of carbonyl (C=O) groups excluding carboxylic acids is 2. The summed E-state index contributed by atoms with van der Waals surface area (Å²) in [5.41, 5.74) is 3.52. The van der Waals surface area contributed by atoms with Crippen molar-refractivity contribution in [3.8, 4) is 11.5 Å². The number of hydrogen-bond acceptors (Lipinski definition) is 4. The minimum atomic E-state index is -0.621. The Morgan fingerprint density at radius 2 is 1.68 bits per heavy atom. The average molecular weight is 479 g/mol. The number of benzene rings is 3. The fourth-order valence-corrected chi connectivity index (χ4v) is 4.46. The molecular weight excluding hydrogens is 452 g/mol.